The Morgan fingerprint density at radius 1 is 1.48 bits per heavy atom. The zero-order chi connectivity index (χ0) is 15.4. The van der Waals surface area contributed by atoms with Gasteiger partial charge in [0, 0.05) is 26.2 Å². The number of amides is 1. The largest absolute Gasteiger partial charge is 0.357 e. The molecule has 1 aromatic rings. The number of nitrogens with one attached hydrogen (secondary N) is 2. The number of rotatable bonds is 5. The second kappa shape index (κ2) is 6.89. The number of likely N-dealkylation sites (N-methyl/N-ethyl adjacent to an activating group) is 1. The van der Waals surface area contributed by atoms with Gasteiger partial charge in [-0.3, -0.25) is 4.79 Å². The van der Waals surface area contributed by atoms with Gasteiger partial charge >= 0.3 is 0 Å². The van der Waals surface area contributed by atoms with Crippen molar-refractivity contribution in [1.82, 2.24) is 10.6 Å². The molecule has 0 radical (unpaired) electrons. The summed E-state index contributed by atoms with van der Waals surface area (Å²) in [6.45, 7) is 5.48. The molecule has 1 aliphatic heterocycles. The molecule has 0 saturated carbocycles. The van der Waals surface area contributed by atoms with Crippen molar-refractivity contribution < 1.29 is 9.18 Å². The van der Waals surface area contributed by atoms with Gasteiger partial charge in [-0.25, -0.2) is 4.39 Å². The number of nitrogens with zero attached hydrogens (tertiary/aromatic N) is 1. The lowest BCUT2D eigenvalue weighted by Crippen LogP contribution is -2.42. The smallest absolute Gasteiger partial charge is 0.242 e. The topological polar surface area (TPSA) is 44.4 Å². The van der Waals surface area contributed by atoms with Crippen LogP contribution in [0.5, 0.6) is 0 Å². The molecule has 1 atom stereocenters. The molecule has 116 valence electrons. The zero-order valence-corrected chi connectivity index (χ0v) is 12.9. The molecule has 0 aromatic heterocycles. The minimum absolute atomic E-state index is 0.0440. The monoisotopic (exact) mass is 293 g/mol. The second-order valence-corrected chi connectivity index (χ2v) is 5.79. The van der Waals surface area contributed by atoms with Crippen molar-refractivity contribution in [1.29, 1.82) is 0 Å². The highest BCUT2D eigenvalue weighted by molar-refractivity contribution is 5.85. The summed E-state index contributed by atoms with van der Waals surface area (Å²) in [5, 5.41) is 5.93. The molecule has 1 aliphatic rings. The molecule has 2 rings (SSSR count). The molecule has 4 nitrogen and oxygen atoms in total. The SMILES string of the molecule is CNC(=O)C1CCCN1c1ccc(CNC(C)C)cc1F. The Labute approximate surface area is 125 Å². The van der Waals surface area contributed by atoms with Crippen molar-refractivity contribution in [2.75, 3.05) is 18.5 Å². The number of hydrogen-bond donors (Lipinski definition) is 2. The van der Waals surface area contributed by atoms with Crippen molar-refractivity contribution in [3.8, 4) is 0 Å². The van der Waals surface area contributed by atoms with E-state index in [0.29, 0.717) is 18.3 Å². The molecule has 1 heterocycles. The normalized spacial score (nSPS) is 18.3. The zero-order valence-electron chi connectivity index (χ0n) is 12.9. The summed E-state index contributed by atoms with van der Waals surface area (Å²) in [7, 11) is 1.62. The average molecular weight is 293 g/mol. The van der Waals surface area contributed by atoms with Crippen LogP contribution in [0, 0.1) is 5.82 Å². The van der Waals surface area contributed by atoms with E-state index < -0.39 is 0 Å². The van der Waals surface area contributed by atoms with E-state index in [0.717, 1.165) is 24.9 Å². The molecule has 2 N–H and O–H groups in total. The van der Waals surface area contributed by atoms with E-state index in [1.807, 2.05) is 11.0 Å². The highest BCUT2D eigenvalue weighted by atomic mass is 19.1. The van der Waals surface area contributed by atoms with Gasteiger partial charge in [0.05, 0.1) is 5.69 Å². The van der Waals surface area contributed by atoms with Crippen LogP contribution in [0.1, 0.15) is 32.3 Å². The molecule has 1 aromatic carbocycles. The molecule has 5 heteroatoms. The number of carbonyl (C=O) groups excluding carboxylic acids is 1. The number of halogens is 1. The molecule has 1 fully saturated rings. The third-order valence-electron chi connectivity index (χ3n) is 3.84. The molecule has 0 spiro atoms. The van der Waals surface area contributed by atoms with Gasteiger partial charge in [-0.15, -0.1) is 0 Å². The van der Waals surface area contributed by atoms with E-state index in [2.05, 4.69) is 24.5 Å². The number of carbonyl (C=O) groups is 1. The Morgan fingerprint density at radius 3 is 2.86 bits per heavy atom. The maximum absolute atomic E-state index is 14.4. The Morgan fingerprint density at radius 2 is 2.24 bits per heavy atom. The summed E-state index contributed by atoms with van der Waals surface area (Å²) in [5.41, 5.74) is 1.44. The predicted molar refractivity (Wildman–Crippen MR) is 82.8 cm³/mol. The quantitative estimate of drug-likeness (QED) is 0.873. The van der Waals surface area contributed by atoms with Crippen LogP contribution in [0.2, 0.25) is 0 Å². The van der Waals surface area contributed by atoms with E-state index >= 15 is 0 Å². The third kappa shape index (κ3) is 3.73. The van der Waals surface area contributed by atoms with E-state index in [4.69, 9.17) is 0 Å². The maximum Gasteiger partial charge on any atom is 0.242 e. The van der Waals surface area contributed by atoms with Gasteiger partial charge in [0.2, 0.25) is 5.91 Å². The number of hydrogen-bond acceptors (Lipinski definition) is 3. The van der Waals surface area contributed by atoms with Gasteiger partial charge in [0.1, 0.15) is 11.9 Å². The Kier molecular flexibility index (Phi) is 5.17. The Hall–Kier alpha value is -1.62. The molecule has 0 aliphatic carbocycles. The van der Waals surface area contributed by atoms with Gasteiger partial charge in [-0.1, -0.05) is 19.9 Å². The van der Waals surface area contributed by atoms with Gasteiger partial charge < -0.3 is 15.5 Å². The minimum Gasteiger partial charge on any atom is -0.357 e. The molecular weight excluding hydrogens is 269 g/mol. The van der Waals surface area contributed by atoms with E-state index in [1.165, 1.54) is 0 Å². The van der Waals surface area contributed by atoms with Crippen molar-refractivity contribution in [2.24, 2.45) is 0 Å². The average Bonchev–Trinajstić information content (AvgIpc) is 2.93. The summed E-state index contributed by atoms with van der Waals surface area (Å²) in [4.78, 5) is 13.7. The fourth-order valence-electron chi connectivity index (χ4n) is 2.71. The fourth-order valence-corrected chi connectivity index (χ4v) is 2.71. The summed E-state index contributed by atoms with van der Waals surface area (Å²) >= 11 is 0. The highest BCUT2D eigenvalue weighted by Gasteiger charge is 2.31. The number of benzene rings is 1. The highest BCUT2D eigenvalue weighted by Crippen LogP contribution is 2.28. The lowest BCUT2D eigenvalue weighted by molar-refractivity contribution is -0.121. The van der Waals surface area contributed by atoms with E-state index in [1.54, 1.807) is 19.2 Å². The van der Waals surface area contributed by atoms with Crippen LogP contribution in [0.4, 0.5) is 10.1 Å². The van der Waals surface area contributed by atoms with Gasteiger partial charge in [-0.2, -0.15) is 0 Å². The summed E-state index contributed by atoms with van der Waals surface area (Å²) in [6.07, 6.45) is 1.68. The van der Waals surface area contributed by atoms with E-state index in [-0.39, 0.29) is 17.8 Å². The summed E-state index contributed by atoms with van der Waals surface area (Å²) in [6, 6.07) is 5.37. The maximum atomic E-state index is 14.4. The van der Waals surface area contributed by atoms with E-state index in [9.17, 15) is 9.18 Å². The molecule has 21 heavy (non-hydrogen) atoms. The molecule has 0 bridgehead atoms. The lowest BCUT2D eigenvalue weighted by Gasteiger charge is -2.26. The molecule has 1 saturated heterocycles. The minimum atomic E-state index is -0.260. The van der Waals surface area contributed by atoms with Gasteiger partial charge in [-0.05, 0) is 30.5 Å². The third-order valence-corrected chi connectivity index (χ3v) is 3.84. The van der Waals surface area contributed by atoms with Crippen LogP contribution < -0.4 is 15.5 Å². The molecule has 1 unspecified atom stereocenters. The van der Waals surface area contributed by atoms with Gasteiger partial charge in [0.25, 0.3) is 0 Å². The van der Waals surface area contributed by atoms with Crippen molar-refractivity contribution >= 4 is 11.6 Å². The van der Waals surface area contributed by atoms with Crippen molar-refractivity contribution in [3.05, 3.63) is 29.6 Å². The second-order valence-electron chi connectivity index (χ2n) is 5.79. The van der Waals surface area contributed by atoms with Crippen LogP contribution in [0.3, 0.4) is 0 Å². The first-order valence-electron chi connectivity index (χ1n) is 7.53. The molecular formula is C16H24FN3O. The first-order valence-corrected chi connectivity index (χ1v) is 7.53. The van der Waals surface area contributed by atoms with Gasteiger partial charge in [0.15, 0.2) is 0 Å². The van der Waals surface area contributed by atoms with Crippen LogP contribution in [0.25, 0.3) is 0 Å². The van der Waals surface area contributed by atoms with Crippen LogP contribution >= 0.6 is 0 Å². The van der Waals surface area contributed by atoms with Crippen molar-refractivity contribution in [2.45, 2.75) is 45.3 Å². The first kappa shape index (κ1) is 15.8. The fraction of sp³-hybridized carbons (Fsp3) is 0.562. The first-order chi connectivity index (χ1) is 10.0. The predicted octanol–water partition coefficient (Wildman–Crippen LogP) is 2.04. The summed E-state index contributed by atoms with van der Waals surface area (Å²) in [5.74, 6) is -0.300. The van der Waals surface area contributed by atoms with Crippen LogP contribution in [-0.2, 0) is 11.3 Å². The van der Waals surface area contributed by atoms with Crippen molar-refractivity contribution in [3.63, 3.8) is 0 Å². The Balaban J connectivity index is 2.14. The molecule has 1 amide bonds. The Bertz CT molecular complexity index is 504. The number of anilines is 1. The lowest BCUT2D eigenvalue weighted by atomic mass is 10.1. The van der Waals surface area contributed by atoms with Crippen LogP contribution in [0.15, 0.2) is 18.2 Å². The van der Waals surface area contributed by atoms with Crippen LogP contribution in [-0.4, -0.2) is 31.6 Å². The standard InChI is InChI=1S/C16H24FN3O/c1-11(2)19-10-12-6-7-14(13(17)9-12)20-8-4-5-15(20)16(21)18-3/h6-7,9,11,15,19H,4-5,8,10H2,1-3H3,(H,18,21). The summed E-state index contributed by atoms with van der Waals surface area (Å²) < 4.78 is 14.4.